The number of carboxylic acid groups (broad SMARTS) is 1. The number of piperidine rings is 1. The molecule has 1 N–H and O–H groups in total. The Morgan fingerprint density at radius 2 is 2.20 bits per heavy atom. The van der Waals surface area contributed by atoms with Gasteiger partial charge in [0.25, 0.3) is 0 Å². The van der Waals surface area contributed by atoms with Crippen molar-refractivity contribution in [1.29, 1.82) is 0 Å². The molecule has 2 rings (SSSR count). The molecular formula is C14H22Cl2N2O2. The van der Waals surface area contributed by atoms with Gasteiger partial charge in [0, 0.05) is 24.9 Å². The van der Waals surface area contributed by atoms with Gasteiger partial charge in [0.05, 0.1) is 5.41 Å². The number of pyridine rings is 1. The second-order valence-corrected chi connectivity index (χ2v) is 5.06. The van der Waals surface area contributed by atoms with Crippen molar-refractivity contribution in [2.75, 3.05) is 19.6 Å². The van der Waals surface area contributed by atoms with Crippen molar-refractivity contribution in [2.24, 2.45) is 5.41 Å². The SMILES string of the molecule is CCN1CCCC(Cc2ccccn2)(C(=O)O)C1.Cl.Cl. The summed E-state index contributed by atoms with van der Waals surface area (Å²) in [7, 11) is 0. The molecule has 0 amide bonds. The van der Waals surface area contributed by atoms with Crippen LogP contribution in [0, 0.1) is 5.41 Å². The number of hydrogen-bond acceptors (Lipinski definition) is 3. The van der Waals surface area contributed by atoms with Crippen molar-refractivity contribution in [3.8, 4) is 0 Å². The summed E-state index contributed by atoms with van der Waals surface area (Å²) < 4.78 is 0. The van der Waals surface area contributed by atoms with Gasteiger partial charge < -0.3 is 10.0 Å². The normalized spacial score (nSPS) is 22.4. The van der Waals surface area contributed by atoms with Crippen LogP contribution < -0.4 is 0 Å². The lowest BCUT2D eigenvalue weighted by Gasteiger charge is -2.39. The fraction of sp³-hybridized carbons (Fsp3) is 0.571. The Morgan fingerprint density at radius 3 is 2.75 bits per heavy atom. The molecule has 1 aromatic heterocycles. The summed E-state index contributed by atoms with van der Waals surface area (Å²) >= 11 is 0. The second kappa shape index (κ2) is 8.45. The smallest absolute Gasteiger partial charge is 0.311 e. The molecule has 0 aromatic carbocycles. The van der Waals surface area contributed by atoms with E-state index in [0.717, 1.165) is 31.6 Å². The Labute approximate surface area is 132 Å². The van der Waals surface area contributed by atoms with Crippen LogP contribution in [0.25, 0.3) is 0 Å². The van der Waals surface area contributed by atoms with E-state index in [0.29, 0.717) is 13.0 Å². The average Bonchev–Trinajstić information content (AvgIpc) is 2.40. The topological polar surface area (TPSA) is 53.4 Å². The van der Waals surface area contributed by atoms with Gasteiger partial charge in [0.1, 0.15) is 0 Å². The summed E-state index contributed by atoms with van der Waals surface area (Å²) in [6.07, 6.45) is 3.95. The third-order valence-electron chi connectivity index (χ3n) is 3.80. The number of likely N-dealkylation sites (tertiary alicyclic amines) is 1. The van der Waals surface area contributed by atoms with Crippen LogP contribution in [0.2, 0.25) is 0 Å². The monoisotopic (exact) mass is 320 g/mol. The highest BCUT2D eigenvalue weighted by molar-refractivity contribution is 5.85. The highest BCUT2D eigenvalue weighted by Gasteiger charge is 2.42. The molecule has 0 aliphatic carbocycles. The second-order valence-electron chi connectivity index (χ2n) is 5.06. The maximum absolute atomic E-state index is 11.7. The van der Waals surface area contributed by atoms with E-state index in [1.165, 1.54) is 0 Å². The Kier molecular flexibility index (Phi) is 8.09. The molecule has 1 atom stereocenters. The Balaban J connectivity index is 0.00000180. The molecule has 1 aliphatic heterocycles. The van der Waals surface area contributed by atoms with Crippen molar-refractivity contribution < 1.29 is 9.90 Å². The third-order valence-corrected chi connectivity index (χ3v) is 3.80. The van der Waals surface area contributed by atoms with Gasteiger partial charge in [-0.25, -0.2) is 0 Å². The van der Waals surface area contributed by atoms with Crippen LogP contribution in [-0.4, -0.2) is 40.6 Å². The fourth-order valence-corrected chi connectivity index (χ4v) is 2.74. The number of aliphatic carboxylic acids is 1. The standard InChI is InChI=1S/C14H20N2O2.2ClH/c1-2-16-9-5-7-14(11-16,13(17)18)10-12-6-3-4-8-15-12;;/h3-4,6,8H,2,5,7,9-11H2,1H3,(H,17,18);2*1H. The average molecular weight is 321 g/mol. The minimum atomic E-state index is -0.689. The van der Waals surface area contributed by atoms with E-state index in [9.17, 15) is 9.90 Å². The van der Waals surface area contributed by atoms with Gasteiger partial charge in [-0.1, -0.05) is 13.0 Å². The molecular weight excluding hydrogens is 299 g/mol. The molecule has 1 fully saturated rings. The third kappa shape index (κ3) is 4.33. The van der Waals surface area contributed by atoms with Crippen LogP contribution in [0.4, 0.5) is 0 Å². The molecule has 20 heavy (non-hydrogen) atoms. The zero-order chi connectivity index (χ0) is 13.0. The van der Waals surface area contributed by atoms with Gasteiger partial charge in [-0.05, 0) is 38.1 Å². The summed E-state index contributed by atoms with van der Waals surface area (Å²) in [5, 5.41) is 9.61. The maximum atomic E-state index is 11.7. The quantitative estimate of drug-likeness (QED) is 0.926. The molecule has 0 saturated carbocycles. The van der Waals surface area contributed by atoms with Gasteiger partial charge in [-0.15, -0.1) is 24.8 Å². The first-order valence-electron chi connectivity index (χ1n) is 6.52. The molecule has 114 valence electrons. The summed E-state index contributed by atoms with van der Waals surface area (Å²) in [5.74, 6) is -0.689. The van der Waals surface area contributed by atoms with Gasteiger partial charge in [0.2, 0.25) is 0 Å². The van der Waals surface area contributed by atoms with Crippen molar-refractivity contribution in [1.82, 2.24) is 9.88 Å². The molecule has 0 bridgehead atoms. The highest BCUT2D eigenvalue weighted by atomic mass is 35.5. The van der Waals surface area contributed by atoms with E-state index in [2.05, 4.69) is 16.8 Å². The number of rotatable bonds is 4. The lowest BCUT2D eigenvalue weighted by molar-refractivity contribution is -0.152. The molecule has 4 nitrogen and oxygen atoms in total. The van der Waals surface area contributed by atoms with Crippen molar-refractivity contribution >= 4 is 30.8 Å². The van der Waals surface area contributed by atoms with Gasteiger partial charge >= 0.3 is 5.97 Å². The fourth-order valence-electron chi connectivity index (χ4n) is 2.74. The van der Waals surface area contributed by atoms with Crippen LogP contribution in [-0.2, 0) is 11.2 Å². The number of aromatic nitrogens is 1. The van der Waals surface area contributed by atoms with Crippen LogP contribution in [0.1, 0.15) is 25.5 Å². The largest absolute Gasteiger partial charge is 0.481 e. The molecule has 1 aliphatic rings. The lowest BCUT2D eigenvalue weighted by Crippen LogP contribution is -2.49. The first-order valence-corrected chi connectivity index (χ1v) is 6.52. The number of halogens is 2. The minimum Gasteiger partial charge on any atom is -0.481 e. The summed E-state index contributed by atoms with van der Waals surface area (Å²) in [6, 6.07) is 5.68. The number of carboxylic acids is 1. The van der Waals surface area contributed by atoms with Crippen molar-refractivity contribution in [3.63, 3.8) is 0 Å². The summed E-state index contributed by atoms with van der Waals surface area (Å²) in [4.78, 5) is 18.2. The van der Waals surface area contributed by atoms with Gasteiger partial charge in [0.15, 0.2) is 0 Å². The van der Waals surface area contributed by atoms with E-state index in [-0.39, 0.29) is 24.8 Å². The summed E-state index contributed by atoms with van der Waals surface area (Å²) in [5.41, 5.74) is 0.209. The molecule has 2 heterocycles. The van der Waals surface area contributed by atoms with Crippen molar-refractivity contribution in [3.05, 3.63) is 30.1 Å². The Morgan fingerprint density at radius 1 is 1.45 bits per heavy atom. The molecule has 0 radical (unpaired) electrons. The van der Waals surface area contributed by atoms with Crippen LogP contribution in [0.5, 0.6) is 0 Å². The highest BCUT2D eigenvalue weighted by Crippen LogP contribution is 2.33. The van der Waals surface area contributed by atoms with Crippen LogP contribution >= 0.6 is 24.8 Å². The van der Waals surface area contributed by atoms with Crippen LogP contribution in [0.15, 0.2) is 24.4 Å². The number of nitrogens with zero attached hydrogens (tertiary/aromatic N) is 2. The number of hydrogen-bond donors (Lipinski definition) is 1. The minimum absolute atomic E-state index is 0. The first kappa shape index (κ1) is 19.2. The predicted octanol–water partition coefficient (Wildman–Crippen LogP) is 2.65. The summed E-state index contributed by atoms with van der Waals surface area (Å²) in [6.45, 7) is 4.64. The molecule has 1 unspecified atom stereocenters. The van der Waals surface area contributed by atoms with Gasteiger partial charge in [-0.2, -0.15) is 0 Å². The lowest BCUT2D eigenvalue weighted by atomic mass is 9.76. The zero-order valence-electron chi connectivity index (χ0n) is 11.6. The zero-order valence-corrected chi connectivity index (χ0v) is 13.3. The van der Waals surface area contributed by atoms with E-state index in [1.54, 1.807) is 6.20 Å². The molecule has 1 aromatic rings. The molecule has 6 heteroatoms. The van der Waals surface area contributed by atoms with E-state index >= 15 is 0 Å². The maximum Gasteiger partial charge on any atom is 0.311 e. The van der Waals surface area contributed by atoms with Gasteiger partial charge in [-0.3, -0.25) is 9.78 Å². The van der Waals surface area contributed by atoms with Crippen LogP contribution in [0.3, 0.4) is 0 Å². The molecule has 1 saturated heterocycles. The predicted molar refractivity (Wildman–Crippen MR) is 83.9 cm³/mol. The Bertz CT molecular complexity index is 417. The number of carbonyl (C=O) groups is 1. The van der Waals surface area contributed by atoms with E-state index in [1.807, 2.05) is 18.2 Å². The molecule has 0 spiro atoms. The Hall–Kier alpha value is -0.840. The van der Waals surface area contributed by atoms with E-state index < -0.39 is 11.4 Å². The first-order chi connectivity index (χ1) is 8.66. The van der Waals surface area contributed by atoms with Crippen molar-refractivity contribution in [2.45, 2.75) is 26.2 Å². The van der Waals surface area contributed by atoms with E-state index in [4.69, 9.17) is 0 Å².